The van der Waals surface area contributed by atoms with Gasteiger partial charge in [-0.2, -0.15) is 0 Å². The second-order valence-electron chi connectivity index (χ2n) is 0.407. The zero-order valence-corrected chi connectivity index (χ0v) is 3.76. The van der Waals surface area contributed by atoms with Crippen molar-refractivity contribution in [1.29, 1.82) is 0 Å². The summed E-state index contributed by atoms with van der Waals surface area (Å²) < 4.78 is 3.53. The summed E-state index contributed by atoms with van der Waals surface area (Å²) in [5.74, 6) is 0. The van der Waals surface area contributed by atoms with Crippen molar-refractivity contribution in [3.63, 3.8) is 0 Å². The van der Waals surface area contributed by atoms with Crippen molar-refractivity contribution in [2.45, 2.75) is 6.82 Å². The molecule has 0 saturated carbocycles. The fourth-order valence-corrected chi connectivity index (χ4v) is 0. The topological polar surface area (TPSA) is 12.4 Å². The molecule has 0 N–H and O–H groups in total. The maximum atomic E-state index is 3.53. The van der Waals surface area contributed by atoms with Crippen molar-refractivity contribution in [2.75, 3.05) is 0 Å². The molecule has 0 bridgehead atoms. The van der Waals surface area contributed by atoms with E-state index in [-0.39, 0.29) is 0 Å². The van der Waals surface area contributed by atoms with Gasteiger partial charge in [0.2, 0.25) is 0 Å². The van der Waals surface area contributed by atoms with E-state index in [0.717, 1.165) is 0 Å². The second-order valence-corrected chi connectivity index (χ2v) is 0.705. The normalized spacial score (nSPS) is 7.50. The van der Waals surface area contributed by atoms with Crippen molar-refractivity contribution in [3.05, 3.63) is 0 Å². The summed E-state index contributed by atoms with van der Waals surface area (Å²) in [6, 6.07) is 0. The monoisotopic (exact) mass is 73.0 g/mol. The van der Waals surface area contributed by atoms with Gasteiger partial charge in [0.15, 0.2) is 0 Å². The zero-order chi connectivity index (χ0) is 3.41. The minimum atomic E-state index is 1.71. The molecule has 22 valence electrons. The molecule has 0 aliphatic carbocycles. The van der Waals surface area contributed by atoms with Crippen LogP contribution in [0.25, 0.3) is 0 Å². The van der Waals surface area contributed by atoms with E-state index in [1.807, 2.05) is 6.82 Å². The van der Waals surface area contributed by atoms with Gasteiger partial charge < -0.3 is 0 Å². The Morgan fingerprint density at radius 1 is 2.00 bits per heavy atom. The van der Waals surface area contributed by atoms with Crippen molar-refractivity contribution in [3.8, 4) is 0 Å². The Morgan fingerprint density at radius 3 is 2.25 bits per heavy atom. The van der Waals surface area contributed by atoms with Gasteiger partial charge in [-0.05, 0) is 0 Å². The van der Waals surface area contributed by atoms with Gasteiger partial charge in [0.25, 0.3) is 0 Å². The molecule has 0 aliphatic rings. The second kappa shape index (κ2) is 3.29. The summed E-state index contributed by atoms with van der Waals surface area (Å²) in [5.41, 5.74) is 0. The molecule has 0 heterocycles. The van der Waals surface area contributed by atoms with Crippen LogP contribution in [-0.4, -0.2) is 7.07 Å². The fourth-order valence-electron chi connectivity index (χ4n) is 0. The van der Waals surface area contributed by atoms with Crippen LogP contribution in [0.3, 0.4) is 0 Å². The van der Waals surface area contributed by atoms with E-state index >= 15 is 0 Å². The van der Waals surface area contributed by atoms with E-state index in [0.29, 0.717) is 0 Å². The first-order valence-electron chi connectivity index (χ1n) is 1.09. The van der Waals surface area contributed by atoms with Gasteiger partial charge in [0, 0.05) is 0 Å². The number of rotatable bonds is 0. The van der Waals surface area contributed by atoms with Gasteiger partial charge in [0.05, 0.1) is 0 Å². The molecule has 0 radical (unpaired) electrons. The van der Waals surface area contributed by atoms with Gasteiger partial charge in [-0.25, -0.2) is 0 Å². The molecule has 1 atom stereocenters. The minimum absolute atomic E-state index is 1.71. The van der Waals surface area contributed by atoms with Crippen LogP contribution in [-0.2, 0) is 0 Å². The molecule has 1 nitrogen and oxygen atoms in total. The summed E-state index contributed by atoms with van der Waals surface area (Å²) in [4.78, 5) is 0. The molecule has 0 rings (SSSR count). The van der Waals surface area contributed by atoms with Crippen molar-refractivity contribution < 1.29 is 0 Å². The van der Waals surface area contributed by atoms with Crippen molar-refractivity contribution in [2.24, 2.45) is 4.67 Å². The Labute approximate surface area is 29.0 Å². The van der Waals surface area contributed by atoms with Crippen LogP contribution in [0.15, 0.2) is 4.67 Å². The van der Waals surface area contributed by atoms with Crippen molar-refractivity contribution >= 4 is 16.5 Å². The van der Waals surface area contributed by atoms with E-state index in [4.69, 9.17) is 0 Å². The van der Waals surface area contributed by atoms with E-state index in [2.05, 4.69) is 14.1 Å². The maximum absolute atomic E-state index is 3.53. The van der Waals surface area contributed by atoms with E-state index < -0.39 is 0 Å². The third-order valence-corrected chi connectivity index (χ3v) is 0.447. The third-order valence-electron chi connectivity index (χ3n) is 0.149. The molecule has 0 amide bonds. The number of hydrogen-bond acceptors (Lipinski definition) is 1. The van der Waals surface area contributed by atoms with Crippen LogP contribution in [0, 0.1) is 0 Å². The Balaban J connectivity index is 2.55. The molecular weight excluding hydrogens is 67.8 g/mol. The van der Waals surface area contributed by atoms with E-state index in [1.54, 1.807) is 7.07 Å². The quantitative estimate of drug-likeness (QED) is 0.295. The molecule has 0 spiro atoms. The van der Waals surface area contributed by atoms with Gasteiger partial charge in [-0.15, -0.1) is 0 Å². The van der Waals surface area contributed by atoms with Gasteiger partial charge in [-0.1, -0.05) is 0 Å². The molecule has 0 saturated heterocycles. The molecule has 0 aromatic rings. The molecule has 0 aliphatic heterocycles. The molecule has 4 heavy (non-hydrogen) atoms. The van der Waals surface area contributed by atoms with E-state index in [1.165, 1.54) is 0 Å². The van der Waals surface area contributed by atoms with Gasteiger partial charge in [0.1, 0.15) is 0 Å². The zero-order valence-electron chi connectivity index (χ0n) is 2.60. The van der Waals surface area contributed by atoms with Crippen LogP contribution in [0.5, 0.6) is 0 Å². The summed E-state index contributed by atoms with van der Waals surface area (Å²) in [6.07, 6.45) is 0. The fraction of sp³-hybridized carbons (Fsp3) is 1.00. The van der Waals surface area contributed by atoms with Crippen LogP contribution in [0.4, 0.5) is 0 Å². The molecule has 3 heteroatoms. The standard InChI is InChI=1S/CH5BNP/c1-2-3-4/h4H2,1H3. The number of hydrogen-bond donors (Lipinski definition) is 0. The van der Waals surface area contributed by atoms with Gasteiger partial charge in [-0.3, -0.25) is 0 Å². The average molecular weight is 72.8 g/mol. The Bertz CT molecular complexity index is 23.2. The first-order chi connectivity index (χ1) is 1.91. The predicted octanol–water partition coefficient (Wildman–Crippen LogP) is 0.712. The summed E-state index contributed by atoms with van der Waals surface area (Å²) in [7, 11) is 3.94. The van der Waals surface area contributed by atoms with Crippen LogP contribution < -0.4 is 0 Å². The summed E-state index contributed by atoms with van der Waals surface area (Å²) >= 11 is 0. The third kappa shape index (κ3) is 2.29. The first kappa shape index (κ1) is 4.29. The van der Waals surface area contributed by atoms with E-state index in [9.17, 15) is 0 Å². The molecule has 0 fully saturated rings. The van der Waals surface area contributed by atoms with Crippen LogP contribution in [0.1, 0.15) is 0 Å². The Kier molecular flexibility index (Phi) is 3.54. The van der Waals surface area contributed by atoms with Crippen LogP contribution in [0.2, 0.25) is 6.82 Å². The Hall–Kier alpha value is 0.295. The number of nitrogens with zero attached hydrogens (tertiary/aromatic N) is 1. The molecule has 0 aromatic heterocycles. The van der Waals surface area contributed by atoms with Gasteiger partial charge >= 0.3 is 28.0 Å². The SMILES string of the molecule is CB=NP. The average Bonchev–Trinajstić information content (AvgIpc) is 1.37. The first-order valence-corrected chi connectivity index (χ1v) is 1.61. The molecule has 1 unspecified atom stereocenters. The Morgan fingerprint density at radius 2 is 2.25 bits per heavy atom. The predicted molar refractivity (Wildman–Crippen MR) is 23.8 cm³/mol. The molecular formula is CH5BNP. The molecule has 0 aromatic carbocycles. The van der Waals surface area contributed by atoms with Crippen molar-refractivity contribution in [1.82, 2.24) is 0 Å². The summed E-state index contributed by atoms with van der Waals surface area (Å²) in [5, 5.41) is 0. The van der Waals surface area contributed by atoms with Crippen LogP contribution >= 0.6 is 9.39 Å². The summed E-state index contributed by atoms with van der Waals surface area (Å²) in [6.45, 7) is 1.87.